The summed E-state index contributed by atoms with van der Waals surface area (Å²) in [5, 5.41) is 7.28. The molecule has 2 aromatic rings. The molecule has 2 saturated heterocycles. The molecule has 4 rings (SSSR count). The molecule has 3 heterocycles. The van der Waals surface area contributed by atoms with Gasteiger partial charge in [-0.05, 0) is 18.6 Å². The molecule has 7 nitrogen and oxygen atoms in total. The zero-order valence-corrected chi connectivity index (χ0v) is 15.9. The van der Waals surface area contributed by atoms with Gasteiger partial charge in [-0.25, -0.2) is 4.39 Å². The summed E-state index contributed by atoms with van der Waals surface area (Å²) in [5.74, 6) is -1.08. The van der Waals surface area contributed by atoms with E-state index in [1.54, 1.807) is 47.9 Å². The van der Waals surface area contributed by atoms with Gasteiger partial charge in [0.15, 0.2) is 0 Å². The maximum atomic E-state index is 14.6. The Balaban J connectivity index is 1.73. The SMILES string of the molecule is Cc1nn(C)cc1C(=O)N1C[C@@H](c2ccccc2F)[C@@]2(COCCC(=O)N2)C1. The van der Waals surface area contributed by atoms with Crippen LogP contribution in [-0.4, -0.2) is 58.3 Å². The lowest BCUT2D eigenvalue weighted by molar-refractivity contribution is -0.122. The van der Waals surface area contributed by atoms with Crippen molar-refractivity contribution < 1.29 is 18.7 Å². The van der Waals surface area contributed by atoms with Crippen LogP contribution in [0.2, 0.25) is 0 Å². The molecular weight excluding hydrogens is 363 g/mol. The molecular formula is C20H23FN4O3. The van der Waals surface area contributed by atoms with Gasteiger partial charge in [0.05, 0.1) is 30.0 Å². The average molecular weight is 386 g/mol. The fourth-order valence-electron chi connectivity index (χ4n) is 4.27. The number of carbonyl (C=O) groups is 2. The van der Waals surface area contributed by atoms with E-state index < -0.39 is 11.5 Å². The van der Waals surface area contributed by atoms with Crippen LogP contribution in [0.3, 0.4) is 0 Å². The maximum absolute atomic E-state index is 14.6. The number of ether oxygens (including phenoxy) is 1. The van der Waals surface area contributed by atoms with E-state index in [-0.39, 0.29) is 43.7 Å². The van der Waals surface area contributed by atoms with Crippen LogP contribution < -0.4 is 5.32 Å². The van der Waals surface area contributed by atoms with Crippen molar-refractivity contribution >= 4 is 11.8 Å². The summed E-state index contributed by atoms with van der Waals surface area (Å²) in [6, 6.07) is 6.51. The molecule has 148 valence electrons. The van der Waals surface area contributed by atoms with Crippen molar-refractivity contribution in [2.24, 2.45) is 7.05 Å². The van der Waals surface area contributed by atoms with Crippen molar-refractivity contribution in [2.45, 2.75) is 24.8 Å². The van der Waals surface area contributed by atoms with Crippen molar-refractivity contribution in [1.82, 2.24) is 20.0 Å². The normalized spacial score (nSPS) is 25.0. The molecule has 1 aromatic carbocycles. The van der Waals surface area contributed by atoms with Crippen LogP contribution in [0.5, 0.6) is 0 Å². The summed E-state index contributed by atoms with van der Waals surface area (Å²) in [6.45, 7) is 2.87. The van der Waals surface area contributed by atoms with Gasteiger partial charge in [0, 0.05) is 38.7 Å². The Kier molecular flexibility index (Phi) is 4.66. The molecule has 8 heteroatoms. The average Bonchev–Trinajstić information content (AvgIpc) is 3.11. The minimum Gasteiger partial charge on any atom is -0.378 e. The molecule has 2 aliphatic rings. The first-order valence-corrected chi connectivity index (χ1v) is 9.32. The quantitative estimate of drug-likeness (QED) is 0.846. The van der Waals surface area contributed by atoms with E-state index in [4.69, 9.17) is 4.74 Å². The molecule has 1 spiro atoms. The fraction of sp³-hybridized carbons (Fsp3) is 0.450. The summed E-state index contributed by atoms with van der Waals surface area (Å²) in [6.07, 6.45) is 1.93. The maximum Gasteiger partial charge on any atom is 0.257 e. The van der Waals surface area contributed by atoms with Crippen LogP contribution in [0.15, 0.2) is 30.5 Å². The molecule has 0 bridgehead atoms. The summed E-state index contributed by atoms with van der Waals surface area (Å²) in [5.41, 5.74) is 0.762. The minimum absolute atomic E-state index is 0.148. The highest BCUT2D eigenvalue weighted by atomic mass is 19.1. The van der Waals surface area contributed by atoms with Gasteiger partial charge in [-0.3, -0.25) is 14.3 Å². The second-order valence-electron chi connectivity index (χ2n) is 7.57. The number of aromatic nitrogens is 2. The van der Waals surface area contributed by atoms with E-state index in [0.29, 0.717) is 23.4 Å². The Bertz CT molecular complexity index is 928. The fourth-order valence-corrected chi connectivity index (χ4v) is 4.27. The number of aryl methyl sites for hydroxylation is 2. The van der Waals surface area contributed by atoms with E-state index in [0.717, 1.165) is 0 Å². The number of nitrogens with one attached hydrogen (secondary N) is 1. The molecule has 0 saturated carbocycles. The topological polar surface area (TPSA) is 76.5 Å². The molecule has 0 unspecified atom stereocenters. The van der Waals surface area contributed by atoms with Crippen LogP contribution in [-0.2, 0) is 16.6 Å². The van der Waals surface area contributed by atoms with Crippen molar-refractivity contribution in [1.29, 1.82) is 0 Å². The van der Waals surface area contributed by atoms with Gasteiger partial charge in [0.25, 0.3) is 5.91 Å². The van der Waals surface area contributed by atoms with Crippen LogP contribution >= 0.6 is 0 Å². The molecule has 0 aliphatic carbocycles. The second-order valence-corrected chi connectivity index (χ2v) is 7.57. The molecule has 2 fully saturated rings. The Hall–Kier alpha value is -2.74. The number of nitrogens with zero attached hydrogens (tertiary/aromatic N) is 3. The zero-order valence-electron chi connectivity index (χ0n) is 15.9. The first kappa shape index (κ1) is 18.6. The molecule has 2 aliphatic heterocycles. The lowest BCUT2D eigenvalue weighted by Crippen LogP contribution is -2.55. The predicted octanol–water partition coefficient (Wildman–Crippen LogP) is 1.38. The Morgan fingerprint density at radius 2 is 2.18 bits per heavy atom. The van der Waals surface area contributed by atoms with Crippen molar-refractivity contribution in [3.8, 4) is 0 Å². The van der Waals surface area contributed by atoms with Gasteiger partial charge < -0.3 is 15.0 Å². The highest BCUT2D eigenvalue weighted by molar-refractivity contribution is 5.95. The summed E-state index contributed by atoms with van der Waals surface area (Å²) >= 11 is 0. The number of benzene rings is 1. The number of amides is 2. The smallest absolute Gasteiger partial charge is 0.257 e. The van der Waals surface area contributed by atoms with E-state index in [9.17, 15) is 14.0 Å². The number of carbonyl (C=O) groups excluding carboxylic acids is 2. The number of likely N-dealkylation sites (tertiary alicyclic amines) is 1. The van der Waals surface area contributed by atoms with Crippen LogP contribution in [0.25, 0.3) is 0 Å². The Labute approximate surface area is 162 Å². The van der Waals surface area contributed by atoms with Crippen molar-refractivity contribution in [3.05, 3.63) is 53.1 Å². The first-order valence-electron chi connectivity index (χ1n) is 9.32. The molecule has 2 amide bonds. The van der Waals surface area contributed by atoms with Crippen LogP contribution in [0.4, 0.5) is 4.39 Å². The summed E-state index contributed by atoms with van der Waals surface area (Å²) in [4.78, 5) is 27.1. The monoisotopic (exact) mass is 386 g/mol. The minimum atomic E-state index is -0.860. The van der Waals surface area contributed by atoms with Gasteiger partial charge in [-0.15, -0.1) is 0 Å². The van der Waals surface area contributed by atoms with E-state index in [1.165, 1.54) is 6.07 Å². The lowest BCUT2D eigenvalue weighted by Gasteiger charge is -2.34. The largest absolute Gasteiger partial charge is 0.378 e. The third kappa shape index (κ3) is 3.17. The van der Waals surface area contributed by atoms with Gasteiger partial charge >= 0.3 is 0 Å². The molecule has 2 atom stereocenters. The zero-order chi connectivity index (χ0) is 19.9. The van der Waals surface area contributed by atoms with Gasteiger partial charge in [-0.2, -0.15) is 5.10 Å². The lowest BCUT2D eigenvalue weighted by atomic mass is 9.82. The Morgan fingerprint density at radius 1 is 1.39 bits per heavy atom. The molecule has 1 aromatic heterocycles. The number of rotatable bonds is 2. The standard InChI is InChI=1S/C20H23FN4O3/c1-13-15(9-24(2)23-13)19(27)25-10-16(14-5-3-4-6-17(14)21)20(11-25)12-28-8-7-18(26)22-20/h3-6,9,16H,7-8,10-12H2,1-2H3,(H,22,26)/t16-,20-/m0/s1. The molecule has 28 heavy (non-hydrogen) atoms. The number of hydrogen-bond donors (Lipinski definition) is 1. The third-order valence-corrected chi connectivity index (χ3v) is 5.58. The van der Waals surface area contributed by atoms with Gasteiger partial charge in [-0.1, -0.05) is 18.2 Å². The van der Waals surface area contributed by atoms with E-state index in [1.807, 2.05) is 0 Å². The van der Waals surface area contributed by atoms with Crippen LogP contribution in [0.1, 0.15) is 34.0 Å². The number of halogens is 1. The van der Waals surface area contributed by atoms with Crippen molar-refractivity contribution in [3.63, 3.8) is 0 Å². The van der Waals surface area contributed by atoms with Crippen LogP contribution in [0, 0.1) is 12.7 Å². The third-order valence-electron chi connectivity index (χ3n) is 5.58. The highest BCUT2D eigenvalue weighted by Gasteiger charge is 2.51. The van der Waals surface area contributed by atoms with Gasteiger partial charge in [0.2, 0.25) is 5.91 Å². The highest BCUT2D eigenvalue weighted by Crippen LogP contribution is 2.39. The summed E-state index contributed by atoms with van der Waals surface area (Å²) < 4.78 is 21.9. The second kappa shape index (κ2) is 7.01. The Morgan fingerprint density at radius 3 is 2.89 bits per heavy atom. The predicted molar refractivity (Wildman–Crippen MR) is 99.3 cm³/mol. The van der Waals surface area contributed by atoms with Crippen molar-refractivity contribution in [2.75, 3.05) is 26.3 Å². The summed E-state index contributed by atoms with van der Waals surface area (Å²) in [7, 11) is 1.76. The first-order chi connectivity index (χ1) is 13.4. The van der Waals surface area contributed by atoms with Gasteiger partial charge in [0.1, 0.15) is 5.82 Å². The van der Waals surface area contributed by atoms with E-state index in [2.05, 4.69) is 10.4 Å². The van der Waals surface area contributed by atoms with E-state index >= 15 is 0 Å². The molecule has 0 radical (unpaired) electrons. The molecule has 1 N–H and O–H groups in total. The number of hydrogen-bond acceptors (Lipinski definition) is 4.